The van der Waals surface area contributed by atoms with Gasteiger partial charge >= 0.3 is 39.5 Å². The van der Waals surface area contributed by atoms with E-state index in [1.807, 2.05) is 0 Å². The first-order chi connectivity index (χ1) is 44.7. The van der Waals surface area contributed by atoms with E-state index in [0.717, 1.165) is 114 Å². The molecule has 0 aromatic carbocycles. The normalized spacial score (nSPS) is 14.1. The summed E-state index contributed by atoms with van der Waals surface area (Å²) in [5.74, 6) is 0.234. The van der Waals surface area contributed by atoms with Gasteiger partial charge in [0, 0.05) is 25.7 Å². The number of ether oxygens (including phenoxy) is 4. The van der Waals surface area contributed by atoms with Gasteiger partial charge in [-0.25, -0.2) is 9.13 Å². The number of aliphatic hydroxyl groups is 1. The zero-order valence-corrected chi connectivity index (χ0v) is 62.5. The number of esters is 4. The summed E-state index contributed by atoms with van der Waals surface area (Å²) in [6, 6.07) is 0. The molecular weight excluding hydrogens is 1220 g/mol. The Labute approximate surface area is 568 Å². The van der Waals surface area contributed by atoms with E-state index in [1.165, 1.54) is 180 Å². The molecular formula is C74H144O17P2. The van der Waals surface area contributed by atoms with Crippen molar-refractivity contribution in [2.75, 3.05) is 39.6 Å². The van der Waals surface area contributed by atoms with Crippen LogP contribution in [0.2, 0.25) is 0 Å². The molecule has 0 saturated heterocycles. The Kier molecular flexibility index (Phi) is 63.4. The second-order valence-electron chi connectivity index (χ2n) is 28.1. The van der Waals surface area contributed by atoms with E-state index in [-0.39, 0.29) is 25.7 Å². The third kappa shape index (κ3) is 68.4. The number of hydrogen-bond acceptors (Lipinski definition) is 15. The molecule has 0 aromatic heterocycles. The summed E-state index contributed by atoms with van der Waals surface area (Å²) in [6.45, 7) is 11.8. The van der Waals surface area contributed by atoms with Crippen LogP contribution in [0.3, 0.4) is 0 Å². The summed E-state index contributed by atoms with van der Waals surface area (Å²) in [7, 11) is -9.90. The number of carbonyl (C=O) groups excluding carboxylic acids is 4. The average molecular weight is 1370 g/mol. The highest BCUT2D eigenvalue weighted by Gasteiger charge is 2.30. The van der Waals surface area contributed by atoms with Crippen molar-refractivity contribution < 1.29 is 80.2 Å². The van der Waals surface area contributed by atoms with Crippen molar-refractivity contribution in [3.63, 3.8) is 0 Å². The zero-order chi connectivity index (χ0) is 68.7. The predicted octanol–water partition coefficient (Wildman–Crippen LogP) is 21.4. The third-order valence-corrected chi connectivity index (χ3v) is 19.0. The number of rotatable bonds is 72. The molecule has 552 valence electrons. The summed E-state index contributed by atoms with van der Waals surface area (Å²) in [6.07, 6.45) is 50.3. The smallest absolute Gasteiger partial charge is 0.462 e. The highest BCUT2D eigenvalue weighted by molar-refractivity contribution is 7.47. The van der Waals surface area contributed by atoms with E-state index in [4.69, 9.17) is 37.0 Å². The molecule has 0 aliphatic rings. The summed E-state index contributed by atoms with van der Waals surface area (Å²) in [4.78, 5) is 72.5. The molecule has 0 rings (SSSR count). The van der Waals surface area contributed by atoms with Gasteiger partial charge in [-0.2, -0.15) is 0 Å². The van der Waals surface area contributed by atoms with Gasteiger partial charge in [-0.3, -0.25) is 37.3 Å². The second-order valence-corrected chi connectivity index (χ2v) is 31.0. The lowest BCUT2D eigenvalue weighted by molar-refractivity contribution is -0.161. The predicted molar refractivity (Wildman–Crippen MR) is 377 cm³/mol. The molecule has 0 saturated carbocycles. The van der Waals surface area contributed by atoms with Crippen LogP contribution in [-0.2, 0) is 65.4 Å². The molecule has 0 heterocycles. The van der Waals surface area contributed by atoms with Crippen molar-refractivity contribution in [2.24, 2.45) is 17.8 Å². The molecule has 0 spiro atoms. The maximum Gasteiger partial charge on any atom is 0.472 e. The van der Waals surface area contributed by atoms with Gasteiger partial charge in [-0.05, 0) is 43.4 Å². The Morgan fingerprint density at radius 1 is 0.290 bits per heavy atom. The Morgan fingerprint density at radius 3 is 0.731 bits per heavy atom. The Morgan fingerprint density at radius 2 is 0.495 bits per heavy atom. The standard InChI is InChI=1S/C74H144O17P2/c1-8-9-10-38-48-55-71(76)84-61-69(90-73(78)57-50-43-36-30-24-18-12-15-21-27-33-40-46-53-66(4)5)63-88-92(80,81)86-59-68(75)60-87-93(82,83)89-64-70(91-74(79)58-51-44-37-31-25-19-13-16-22-28-34-41-47-54-67(6)7)62-85-72(77)56-49-42-35-29-23-17-11-14-20-26-32-39-45-52-65(2)3/h65-70,75H,8-64H2,1-7H3,(H,80,81)(H,82,83)/t68-,69+,70+/m0/s1. The topological polar surface area (TPSA) is 237 Å². The molecule has 5 atom stereocenters. The van der Waals surface area contributed by atoms with Crippen LogP contribution >= 0.6 is 15.6 Å². The van der Waals surface area contributed by atoms with E-state index in [2.05, 4.69) is 48.5 Å². The van der Waals surface area contributed by atoms with Gasteiger partial charge in [0.15, 0.2) is 12.2 Å². The highest BCUT2D eigenvalue weighted by Crippen LogP contribution is 2.45. The molecule has 0 radical (unpaired) electrons. The number of aliphatic hydroxyl groups excluding tert-OH is 1. The number of carbonyl (C=O) groups is 4. The fraction of sp³-hybridized carbons (Fsp3) is 0.946. The minimum Gasteiger partial charge on any atom is -0.462 e. The summed E-state index contributed by atoms with van der Waals surface area (Å²) in [5.41, 5.74) is 0. The van der Waals surface area contributed by atoms with Crippen LogP contribution in [0.4, 0.5) is 0 Å². The van der Waals surface area contributed by atoms with Gasteiger partial charge < -0.3 is 33.8 Å². The Bertz CT molecular complexity index is 1820. The maximum atomic E-state index is 13.0. The Balaban J connectivity index is 5.15. The van der Waals surface area contributed by atoms with Gasteiger partial charge in [-0.1, -0.05) is 325 Å². The summed E-state index contributed by atoms with van der Waals surface area (Å²) < 4.78 is 68.3. The number of phosphoric acid groups is 2. The molecule has 0 aliphatic carbocycles. The van der Waals surface area contributed by atoms with E-state index in [1.54, 1.807) is 0 Å². The zero-order valence-electron chi connectivity index (χ0n) is 60.7. The molecule has 0 aromatic rings. The second kappa shape index (κ2) is 64.7. The van der Waals surface area contributed by atoms with Gasteiger partial charge in [0.2, 0.25) is 0 Å². The van der Waals surface area contributed by atoms with Crippen molar-refractivity contribution in [2.45, 2.75) is 394 Å². The van der Waals surface area contributed by atoms with Gasteiger partial charge in [-0.15, -0.1) is 0 Å². The SMILES string of the molecule is CCCCCCCC(=O)OC[C@H](COP(=O)(O)OC[C@H](O)COP(=O)(O)OC[C@@H](COC(=O)CCCCCCCCCCCCCCCC(C)C)OC(=O)CCCCCCCCCCCCCCCC(C)C)OC(=O)CCCCCCCCCCCCCCCC(C)C. The highest BCUT2D eigenvalue weighted by atomic mass is 31.2. The average Bonchev–Trinajstić information content (AvgIpc) is 1.40. The fourth-order valence-corrected chi connectivity index (χ4v) is 12.8. The number of hydrogen-bond donors (Lipinski definition) is 3. The van der Waals surface area contributed by atoms with Crippen LogP contribution in [0.5, 0.6) is 0 Å². The van der Waals surface area contributed by atoms with Crippen LogP contribution in [0.1, 0.15) is 376 Å². The quantitative estimate of drug-likeness (QED) is 0.0222. The van der Waals surface area contributed by atoms with Crippen LogP contribution < -0.4 is 0 Å². The fourth-order valence-electron chi connectivity index (χ4n) is 11.2. The lowest BCUT2D eigenvalue weighted by Gasteiger charge is -2.21. The maximum absolute atomic E-state index is 13.0. The van der Waals surface area contributed by atoms with Gasteiger partial charge in [0.1, 0.15) is 19.3 Å². The molecule has 0 fully saturated rings. The number of phosphoric ester groups is 2. The van der Waals surface area contributed by atoms with Gasteiger partial charge in [0.05, 0.1) is 26.4 Å². The first-order valence-electron chi connectivity index (χ1n) is 38.3. The molecule has 0 amide bonds. The van der Waals surface area contributed by atoms with Crippen molar-refractivity contribution >= 4 is 39.5 Å². The molecule has 17 nitrogen and oxygen atoms in total. The first-order valence-corrected chi connectivity index (χ1v) is 41.3. The largest absolute Gasteiger partial charge is 0.472 e. The van der Waals surface area contributed by atoms with E-state index < -0.39 is 97.5 Å². The summed E-state index contributed by atoms with van der Waals surface area (Å²) in [5, 5.41) is 10.6. The molecule has 0 aliphatic heterocycles. The van der Waals surface area contributed by atoms with E-state index in [9.17, 15) is 43.2 Å². The van der Waals surface area contributed by atoms with E-state index >= 15 is 0 Å². The molecule has 3 N–H and O–H groups in total. The van der Waals surface area contributed by atoms with Crippen molar-refractivity contribution in [1.82, 2.24) is 0 Å². The van der Waals surface area contributed by atoms with Crippen LogP contribution in [-0.4, -0.2) is 96.7 Å². The summed E-state index contributed by atoms with van der Waals surface area (Å²) >= 11 is 0. The minimum absolute atomic E-state index is 0.106. The van der Waals surface area contributed by atoms with Crippen LogP contribution in [0.25, 0.3) is 0 Å². The lowest BCUT2D eigenvalue weighted by atomic mass is 10.0. The third-order valence-electron chi connectivity index (χ3n) is 17.1. The number of unbranched alkanes of at least 4 members (excludes halogenated alkanes) is 40. The minimum atomic E-state index is -4.95. The van der Waals surface area contributed by atoms with Gasteiger partial charge in [0.25, 0.3) is 0 Å². The molecule has 0 bridgehead atoms. The monoisotopic (exact) mass is 1370 g/mol. The molecule has 2 unspecified atom stereocenters. The first kappa shape index (κ1) is 91.1. The van der Waals surface area contributed by atoms with Crippen molar-refractivity contribution in [3.8, 4) is 0 Å². The molecule has 19 heteroatoms. The van der Waals surface area contributed by atoms with Crippen LogP contribution in [0.15, 0.2) is 0 Å². The van der Waals surface area contributed by atoms with Crippen molar-refractivity contribution in [3.05, 3.63) is 0 Å². The Hall–Kier alpha value is -1.94. The lowest BCUT2D eigenvalue weighted by Crippen LogP contribution is -2.30. The molecule has 93 heavy (non-hydrogen) atoms. The van der Waals surface area contributed by atoms with Crippen LogP contribution in [0, 0.1) is 17.8 Å². The van der Waals surface area contributed by atoms with Crippen molar-refractivity contribution in [1.29, 1.82) is 0 Å². The van der Waals surface area contributed by atoms with E-state index in [0.29, 0.717) is 25.7 Å².